The Morgan fingerprint density at radius 2 is 1.60 bits per heavy atom. The Labute approximate surface area is 266 Å². The SMILES string of the molecule is CCOc1ccc(NC(=O)c2ccccc2NC(=O)C(=O)N/N=C/c2cccc(OC(=O)c3sc4ccccc4c3Cl)c2)cc1. The van der Waals surface area contributed by atoms with Crippen LogP contribution in [0, 0.1) is 0 Å². The molecule has 0 bridgehead atoms. The average molecular weight is 641 g/mol. The molecule has 3 amide bonds. The average Bonchev–Trinajstić information content (AvgIpc) is 3.39. The van der Waals surface area contributed by atoms with E-state index in [9.17, 15) is 19.2 Å². The summed E-state index contributed by atoms with van der Waals surface area (Å²) in [5.41, 5.74) is 3.45. The van der Waals surface area contributed by atoms with Crippen molar-refractivity contribution in [3.05, 3.63) is 118 Å². The second-order valence-corrected chi connectivity index (χ2v) is 10.7. The number of hydrazone groups is 1. The number of carbonyl (C=O) groups is 4. The number of anilines is 2. The van der Waals surface area contributed by atoms with Gasteiger partial charge in [0.2, 0.25) is 0 Å². The van der Waals surface area contributed by atoms with Crippen molar-refractivity contribution >= 4 is 74.3 Å². The fourth-order valence-electron chi connectivity index (χ4n) is 4.14. The lowest BCUT2D eigenvalue weighted by atomic mass is 10.1. The number of halogens is 1. The van der Waals surface area contributed by atoms with Gasteiger partial charge in [-0.1, -0.05) is 54.1 Å². The molecular formula is C33H25ClN4O6S. The third kappa shape index (κ3) is 7.71. The number of thiophene rings is 1. The Bertz CT molecular complexity index is 1920. The van der Waals surface area contributed by atoms with Crippen LogP contribution in [-0.2, 0) is 9.59 Å². The highest BCUT2D eigenvalue weighted by Crippen LogP contribution is 2.35. The summed E-state index contributed by atoms with van der Waals surface area (Å²) in [5.74, 6) is -2.27. The van der Waals surface area contributed by atoms with Crippen molar-refractivity contribution in [3.8, 4) is 11.5 Å². The minimum Gasteiger partial charge on any atom is -0.494 e. The third-order valence-corrected chi connectivity index (χ3v) is 7.87. The van der Waals surface area contributed by atoms with Gasteiger partial charge in [0.15, 0.2) is 0 Å². The molecule has 45 heavy (non-hydrogen) atoms. The van der Waals surface area contributed by atoms with Gasteiger partial charge in [-0.2, -0.15) is 5.10 Å². The number of carbonyl (C=O) groups excluding carboxylic acids is 4. The van der Waals surface area contributed by atoms with Crippen molar-refractivity contribution in [2.24, 2.45) is 5.10 Å². The van der Waals surface area contributed by atoms with E-state index in [1.54, 1.807) is 54.6 Å². The van der Waals surface area contributed by atoms with Crippen LogP contribution in [0.15, 0.2) is 102 Å². The van der Waals surface area contributed by atoms with E-state index >= 15 is 0 Å². The smallest absolute Gasteiger partial charge is 0.355 e. The number of ether oxygens (including phenoxy) is 2. The number of hydrogen-bond donors (Lipinski definition) is 3. The molecule has 4 aromatic carbocycles. The van der Waals surface area contributed by atoms with E-state index in [1.807, 2.05) is 31.2 Å². The number of esters is 1. The maximum Gasteiger partial charge on any atom is 0.355 e. The number of nitrogens with zero attached hydrogens (tertiary/aromatic N) is 1. The molecule has 1 aromatic heterocycles. The molecule has 0 saturated carbocycles. The van der Waals surface area contributed by atoms with E-state index in [0.717, 1.165) is 10.1 Å². The van der Waals surface area contributed by atoms with Crippen LogP contribution in [0.3, 0.4) is 0 Å². The van der Waals surface area contributed by atoms with E-state index < -0.39 is 23.7 Å². The molecule has 1 heterocycles. The monoisotopic (exact) mass is 640 g/mol. The van der Waals surface area contributed by atoms with Crippen molar-refractivity contribution in [3.63, 3.8) is 0 Å². The van der Waals surface area contributed by atoms with Crippen LogP contribution in [0.5, 0.6) is 11.5 Å². The lowest BCUT2D eigenvalue weighted by Gasteiger charge is -2.11. The normalized spacial score (nSPS) is 10.8. The highest BCUT2D eigenvalue weighted by atomic mass is 35.5. The first kappa shape index (κ1) is 30.9. The van der Waals surface area contributed by atoms with E-state index in [2.05, 4.69) is 21.2 Å². The van der Waals surface area contributed by atoms with Crippen LogP contribution in [0.4, 0.5) is 11.4 Å². The summed E-state index contributed by atoms with van der Waals surface area (Å²) in [6, 6.07) is 26.9. The third-order valence-electron chi connectivity index (χ3n) is 6.22. The number of fused-ring (bicyclic) bond motifs is 1. The quantitative estimate of drug-likeness (QED) is 0.0552. The molecule has 0 aliphatic carbocycles. The summed E-state index contributed by atoms with van der Waals surface area (Å²) >= 11 is 7.62. The molecule has 3 N–H and O–H groups in total. The van der Waals surface area contributed by atoms with Crippen molar-refractivity contribution in [1.82, 2.24) is 5.43 Å². The standard InChI is InChI=1S/C33H25ClN4O6S/c1-2-43-22-16-14-21(15-17-22)36-30(39)24-10-3-5-12-26(24)37-31(40)32(41)38-35-19-20-8-7-9-23(18-20)44-33(42)29-28(34)25-11-4-6-13-27(25)45-29/h3-19H,2H2,1H3,(H,36,39)(H,37,40)(H,38,41)/b35-19+. The van der Waals surface area contributed by atoms with Gasteiger partial charge in [0.1, 0.15) is 16.4 Å². The number of benzene rings is 4. The molecule has 12 heteroatoms. The molecule has 0 fully saturated rings. The van der Waals surface area contributed by atoms with Gasteiger partial charge < -0.3 is 20.1 Å². The molecule has 0 aliphatic heterocycles. The summed E-state index contributed by atoms with van der Waals surface area (Å²) in [6.07, 6.45) is 1.28. The van der Waals surface area contributed by atoms with Crippen LogP contribution >= 0.6 is 22.9 Å². The van der Waals surface area contributed by atoms with E-state index in [4.69, 9.17) is 21.1 Å². The predicted octanol–water partition coefficient (Wildman–Crippen LogP) is 6.51. The first-order chi connectivity index (χ1) is 21.8. The molecule has 226 valence electrons. The fourth-order valence-corrected chi connectivity index (χ4v) is 5.53. The Hall–Kier alpha value is -5.52. The maximum atomic E-state index is 12.9. The van der Waals surface area contributed by atoms with Gasteiger partial charge in [-0.15, -0.1) is 11.3 Å². The zero-order valence-electron chi connectivity index (χ0n) is 23.7. The van der Waals surface area contributed by atoms with Crippen molar-refractivity contribution in [2.45, 2.75) is 6.92 Å². The van der Waals surface area contributed by atoms with Crippen LogP contribution < -0.4 is 25.5 Å². The summed E-state index contributed by atoms with van der Waals surface area (Å²) in [4.78, 5) is 51.0. The Morgan fingerprint density at radius 1 is 0.844 bits per heavy atom. The number of nitrogens with one attached hydrogen (secondary N) is 3. The summed E-state index contributed by atoms with van der Waals surface area (Å²) < 4.78 is 11.8. The molecule has 10 nitrogen and oxygen atoms in total. The maximum absolute atomic E-state index is 12.9. The number of rotatable bonds is 9. The molecule has 0 spiro atoms. The number of hydrogen-bond acceptors (Lipinski definition) is 8. The molecular weight excluding hydrogens is 616 g/mol. The van der Waals surface area contributed by atoms with Gasteiger partial charge in [0.05, 0.1) is 29.1 Å². The Morgan fingerprint density at radius 3 is 2.38 bits per heavy atom. The van der Waals surface area contributed by atoms with E-state index in [1.165, 1.54) is 35.8 Å². The van der Waals surface area contributed by atoms with E-state index in [0.29, 0.717) is 28.6 Å². The van der Waals surface area contributed by atoms with Gasteiger partial charge in [-0.3, -0.25) is 14.4 Å². The molecule has 5 rings (SSSR count). The molecule has 0 unspecified atom stereocenters. The zero-order chi connectivity index (χ0) is 31.8. The van der Waals surface area contributed by atoms with Crippen molar-refractivity contribution < 1.29 is 28.7 Å². The zero-order valence-corrected chi connectivity index (χ0v) is 25.3. The Balaban J connectivity index is 1.17. The van der Waals surface area contributed by atoms with Gasteiger partial charge in [0.25, 0.3) is 5.91 Å². The van der Waals surface area contributed by atoms with E-state index in [-0.39, 0.29) is 21.9 Å². The summed E-state index contributed by atoms with van der Waals surface area (Å²) in [5, 5.41) is 10.1. The number of amides is 3. The van der Waals surface area contributed by atoms with Gasteiger partial charge >= 0.3 is 17.8 Å². The van der Waals surface area contributed by atoms with Crippen molar-refractivity contribution in [2.75, 3.05) is 17.2 Å². The van der Waals surface area contributed by atoms with Crippen molar-refractivity contribution in [1.29, 1.82) is 0 Å². The molecule has 0 saturated heterocycles. The molecule has 0 radical (unpaired) electrons. The van der Waals surface area contributed by atoms with Gasteiger partial charge in [-0.05, 0) is 67.1 Å². The predicted molar refractivity (Wildman–Crippen MR) is 175 cm³/mol. The second kappa shape index (κ2) is 14.3. The highest BCUT2D eigenvalue weighted by Gasteiger charge is 2.20. The molecule has 0 atom stereocenters. The first-order valence-corrected chi connectivity index (χ1v) is 14.8. The van der Waals surface area contributed by atoms with Crippen LogP contribution in [0.2, 0.25) is 5.02 Å². The lowest BCUT2D eigenvalue weighted by molar-refractivity contribution is -0.136. The first-order valence-electron chi connectivity index (χ1n) is 13.6. The van der Waals surface area contributed by atoms with Gasteiger partial charge in [-0.25, -0.2) is 10.2 Å². The van der Waals surface area contributed by atoms with Crippen LogP contribution in [0.1, 0.15) is 32.5 Å². The topological polar surface area (TPSA) is 135 Å². The summed E-state index contributed by atoms with van der Waals surface area (Å²) in [7, 11) is 0. The second-order valence-electron chi connectivity index (χ2n) is 9.31. The Kier molecular flexibility index (Phi) is 9.83. The molecule has 5 aromatic rings. The molecule has 0 aliphatic rings. The lowest BCUT2D eigenvalue weighted by Crippen LogP contribution is -2.33. The number of para-hydroxylation sites is 1. The minimum absolute atomic E-state index is 0.137. The van der Waals surface area contributed by atoms with Gasteiger partial charge in [0, 0.05) is 15.8 Å². The minimum atomic E-state index is -1.06. The van der Waals surface area contributed by atoms with Crippen LogP contribution in [-0.4, -0.2) is 36.5 Å². The largest absolute Gasteiger partial charge is 0.494 e. The van der Waals surface area contributed by atoms with Crippen LogP contribution in [0.25, 0.3) is 10.1 Å². The highest BCUT2D eigenvalue weighted by molar-refractivity contribution is 7.21. The fraction of sp³-hybridized carbons (Fsp3) is 0.0606. The summed E-state index contributed by atoms with van der Waals surface area (Å²) in [6.45, 7) is 2.39.